The molecule has 0 bridgehead atoms. The number of halogens is 1. The molecule has 1 N–H and O–H groups in total. The zero-order valence-corrected chi connectivity index (χ0v) is 13.7. The van der Waals surface area contributed by atoms with E-state index in [2.05, 4.69) is 5.32 Å². The van der Waals surface area contributed by atoms with E-state index in [0.29, 0.717) is 18.6 Å². The number of likely N-dealkylation sites (tertiary alicyclic amines) is 1. The maximum atomic E-state index is 12.2. The summed E-state index contributed by atoms with van der Waals surface area (Å²) in [5.74, 6) is 0.764. The van der Waals surface area contributed by atoms with Gasteiger partial charge in [0.05, 0.1) is 6.61 Å². The van der Waals surface area contributed by atoms with Crippen molar-refractivity contribution in [3.8, 4) is 0 Å². The summed E-state index contributed by atoms with van der Waals surface area (Å²) in [5, 5.41) is 3.58. The molecule has 3 rings (SSSR count). The highest BCUT2D eigenvalue weighted by Crippen LogP contribution is 2.24. The molecular formula is C17H25ClN2O2. The second-order valence-electron chi connectivity index (χ2n) is 6.07. The summed E-state index contributed by atoms with van der Waals surface area (Å²) in [7, 11) is 0. The summed E-state index contributed by atoms with van der Waals surface area (Å²) in [4.78, 5) is 14.2. The van der Waals surface area contributed by atoms with Gasteiger partial charge >= 0.3 is 0 Å². The van der Waals surface area contributed by atoms with Crippen molar-refractivity contribution in [3.63, 3.8) is 0 Å². The first kappa shape index (κ1) is 17.3. The Kier molecular flexibility index (Phi) is 6.68. The van der Waals surface area contributed by atoms with Crippen LogP contribution in [0.4, 0.5) is 0 Å². The van der Waals surface area contributed by atoms with Gasteiger partial charge in [-0.15, -0.1) is 12.4 Å². The van der Waals surface area contributed by atoms with Crippen molar-refractivity contribution in [1.29, 1.82) is 0 Å². The van der Waals surface area contributed by atoms with Crippen molar-refractivity contribution in [2.24, 2.45) is 5.92 Å². The average Bonchev–Trinajstić information content (AvgIpc) is 2.55. The van der Waals surface area contributed by atoms with Gasteiger partial charge < -0.3 is 15.0 Å². The van der Waals surface area contributed by atoms with Gasteiger partial charge in [-0.25, -0.2) is 0 Å². The fraction of sp³-hybridized carbons (Fsp3) is 0.588. The molecule has 2 heterocycles. The number of piperidine rings is 2. The Morgan fingerprint density at radius 2 is 2.09 bits per heavy atom. The largest absolute Gasteiger partial charge is 0.367 e. The minimum atomic E-state index is 0. The van der Waals surface area contributed by atoms with Crippen LogP contribution in [-0.2, 0) is 16.1 Å². The average molecular weight is 325 g/mol. The normalized spacial score (nSPS) is 24.3. The number of nitrogens with one attached hydrogen (secondary N) is 1. The molecule has 2 aliphatic heterocycles. The van der Waals surface area contributed by atoms with Gasteiger partial charge in [0.15, 0.2) is 0 Å². The van der Waals surface area contributed by atoms with E-state index in [1.807, 2.05) is 35.2 Å². The number of hydrogen-bond donors (Lipinski definition) is 1. The third-order valence-electron chi connectivity index (χ3n) is 4.58. The van der Waals surface area contributed by atoms with Crippen molar-refractivity contribution < 1.29 is 9.53 Å². The minimum Gasteiger partial charge on any atom is -0.367 e. The third kappa shape index (κ3) is 4.45. The van der Waals surface area contributed by atoms with Gasteiger partial charge in [0.2, 0.25) is 5.91 Å². The van der Waals surface area contributed by atoms with Gasteiger partial charge in [0.1, 0.15) is 6.61 Å². The Labute approximate surface area is 138 Å². The van der Waals surface area contributed by atoms with Gasteiger partial charge in [-0.05, 0) is 37.3 Å². The molecule has 1 aromatic rings. The lowest BCUT2D eigenvalue weighted by Gasteiger charge is -2.41. The highest BCUT2D eigenvalue weighted by molar-refractivity contribution is 5.85. The van der Waals surface area contributed by atoms with E-state index >= 15 is 0 Å². The molecule has 1 amide bonds. The van der Waals surface area contributed by atoms with Crippen LogP contribution in [0.3, 0.4) is 0 Å². The standard InChI is InChI=1S/C17H24N2O2.ClH/c20-17(13-21-12-14-5-2-1-3-6-14)19-10-8-16-15(11-19)7-4-9-18-16;/h1-3,5-6,15-16,18H,4,7-13H2;1H/t15-,16+;/m1./s1. The lowest BCUT2D eigenvalue weighted by atomic mass is 9.85. The summed E-state index contributed by atoms with van der Waals surface area (Å²) in [6.45, 7) is 3.59. The second kappa shape index (κ2) is 8.51. The maximum absolute atomic E-state index is 12.2. The first-order chi connectivity index (χ1) is 10.3. The number of rotatable bonds is 4. The molecule has 5 heteroatoms. The number of carbonyl (C=O) groups is 1. The van der Waals surface area contributed by atoms with Gasteiger partial charge in [-0.2, -0.15) is 0 Å². The van der Waals surface area contributed by atoms with Crippen molar-refractivity contribution in [2.45, 2.75) is 31.9 Å². The van der Waals surface area contributed by atoms with Crippen LogP contribution in [-0.4, -0.2) is 43.1 Å². The molecule has 0 spiro atoms. The van der Waals surface area contributed by atoms with Gasteiger partial charge in [0, 0.05) is 19.1 Å². The van der Waals surface area contributed by atoms with Crippen molar-refractivity contribution >= 4 is 18.3 Å². The van der Waals surface area contributed by atoms with E-state index in [1.165, 1.54) is 12.8 Å². The van der Waals surface area contributed by atoms with Crippen LogP contribution in [0.25, 0.3) is 0 Å². The third-order valence-corrected chi connectivity index (χ3v) is 4.58. The number of ether oxygens (including phenoxy) is 1. The molecule has 2 saturated heterocycles. The molecule has 0 aliphatic carbocycles. The highest BCUT2D eigenvalue weighted by atomic mass is 35.5. The van der Waals surface area contributed by atoms with Crippen molar-refractivity contribution in [3.05, 3.63) is 35.9 Å². The second-order valence-corrected chi connectivity index (χ2v) is 6.07. The molecule has 1 aromatic carbocycles. The van der Waals surface area contributed by atoms with Crippen LogP contribution in [0, 0.1) is 5.92 Å². The minimum absolute atomic E-state index is 0. The number of benzene rings is 1. The Morgan fingerprint density at radius 1 is 1.27 bits per heavy atom. The van der Waals surface area contributed by atoms with Crippen LogP contribution in [0.1, 0.15) is 24.8 Å². The molecule has 0 unspecified atom stereocenters. The first-order valence-corrected chi connectivity index (χ1v) is 7.96. The van der Waals surface area contributed by atoms with Crippen molar-refractivity contribution in [2.75, 3.05) is 26.2 Å². The zero-order chi connectivity index (χ0) is 14.5. The van der Waals surface area contributed by atoms with Crippen LogP contribution in [0.15, 0.2) is 30.3 Å². The van der Waals surface area contributed by atoms with Crippen LogP contribution in [0.5, 0.6) is 0 Å². The molecule has 2 fully saturated rings. The molecule has 0 radical (unpaired) electrons. The molecule has 2 atom stereocenters. The number of hydrogen-bond acceptors (Lipinski definition) is 3. The van der Waals surface area contributed by atoms with Gasteiger partial charge in [0.25, 0.3) is 0 Å². The molecule has 0 aromatic heterocycles. The molecule has 4 nitrogen and oxygen atoms in total. The smallest absolute Gasteiger partial charge is 0.248 e. The lowest BCUT2D eigenvalue weighted by Crippen LogP contribution is -2.54. The van der Waals surface area contributed by atoms with E-state index in [4.69, 9.17) is 4.74 Å². The zero-order valence-electron chi connectivity index (χ0n) is 12.9. The van der Waals surface area contributed by atoms with E-state index in [1.54, 1.807) is 0 Å². The van der Waals surface area contributed by atoms with E-state index < -0.39 is 0 Å². The quantitative estimate of drug-likeness (QED) is 0.923. The summed E-state index contributed by atoms with van der Waals surface area (Å²) in [5.41, 5.74) is 1.11. The van der Waals surface area contributed by atoms with Crippen LogP contribution < -0.4 is 5.32 Å². The first-order valence-electron chi connectivity index (χ1n) is 7.96. The number of nitrogens with zero attached hydrogens (tertiary/aromatic N) is 1. The topological polar surface area (TPSA) is 41.6 Å². The molecular weight excluding hydrogens is 300 g/mol. The highest BCUT2D eigenvalue weighted by Gasteiger charge is 2.32. The van der Waals surface area contributed by atoms with Crippen molar-refractivity contribution in [1.82, 2.24) is 10.2 Å². The number of fused-ring (bicyclic) bond motifs is 1. The number of amides is 1. The van der Waals surface area contributed by atoms with Gasteiger partial charge in [-0.1, -0.05) is 30.3 Å². The molecule has 22 heavy (non-hydrogen) atoms. The fourth-order valence-electron chi connectivity index (χ4n) is 3.39. The molecule has 2 aliphatic rings. The Bertz CT molecular complexity index is 469. The predicted octanol–water partition coefficient (Wildman–Crippen LogP) is 2.23. The monoisotopic (exact) mass is 324 g/mol. The van der Waals surface area contributed by atoms with Gasteiger partial charge in [-0.3, -0.25) is 4.79 Å². The van der Waals surface area contributed by atoms with E-state index in [0.717, 1.165) is 31.6 Å². The predicted molar refractivity (Wildman–Crippen MR) is 89.1 cm³/mol. The van der Waals surface area contributed by atoms with E-state index in [-0.39, 0.29) is 24.9 Å². The Morgan fingerprint density at radius 3 is 2.91 bits per heavy atom. The molecule has 0 saturated carbocycles. The lowest BCUT2D eigenvalue weighted by molar-refractivity contribution is -0.139. The fourth-order valence-corrected chi connectivity index (χ4v) is 3.39. The maximum Gasteiger partial charge on any atom is 0.248 e. The SMILES string of the molecule is Cl.O=C(COCc1ccccc1)N1CC[C@@H]2NCCC[C@@H]2C1. The summed E-state index contributed by atoms with van der Waals surface area (Å²) in [6.07, 6.45) is 3.55. The molecule has 122 valence electrons. The summed E-state index contributed by atoms with van der Waals surface area (Å²) >= 11 is 0. The Balaban J connectivity index is 0.00000176. The summed E-state index contributed by atoms with van der Waals surface area (Å²) < 4.78 is 5.56. The number of carbonyl (C=O) groups excluding carboxylic acids is 1. The van der Waals surface area contributed by atoms with E-state index in [9.17, 15) is 4.79 Å². The summed E-state index contributed by atoms with van der Waals surface area (Å²) in [6, 6.07) is 10.6. The van der Waals surface area contributed by atoms with Crippen LogP contribution in [0.2, 0.25) is 0 Å². The van der Waals surface area contributed by atoms with Crippen LogP contribution >= 0.6 is 12.4 Å². The Hall–Kier alpha value is -1.10.